The van der Waals surface area contributed by atoms with Gasteiger partial charge in [0.15, 0.2) is 0 Å². The van der Waals surface area contributed by atoms with Gasteiger partial charge in [-0.15, -0.1) is 0 Å². The lowest BCUT2D eigenvalue weighted by molar-refractivity contribution is -0.870. The summed E-state index contributed by atoms with van der Waals surface area (Å²) < 4.78 is 23.1. The number of phosphoric acid groups is 1. The summed E-state index contributed by atoms with van der Waals surface area (Å²) >= 11 is 0. The Bertz CT molecular complexity index is 819. The number of likely N-dealkylation sites (N-methyl/N-ethyl adjacent to an activating group) is 1. The summed E-state index contributed by atoms with van der Waals surface area (Å²) in [5, 5.41) is 13.7. The Hall–Kier alpha value is -0.760. The lowest BCUT2D eigenvalue weighted by Gasteiger charge is -2.29. The molecule has 0 aromatic carbocycles. The number of aliphatic hydroxyl groups is 1. The fraction of sp³-hybridized carbons (Fsp3) is 0.925. The van der Waals surface area contributed by atoms with Crippen LogP contribution in [0.4, 0.5) is 0 Å². The molecule has 0 radical (unpaired) electrons. The van der Waals surface area contributed by atoms with E-state index >= 15 is 0 Å². The SMILES string of the molecule is CCCCCCCCCCCCCC=CC(O)C(COP(=O)([O-])OCC[N+](C)(C)C)NC(=O)CCCCCCCCCCCCCCCC. The zero-order valence-electron chi connectivity index (χ0n) is 32.9. The molecule has 0 saturated heterocycles. The number of unbranched alkanes of at least 4 members (excludes halogenated alkanes) is 24. The van der Waals surface area contributed by atoms with Crippen LogP contribution in [0.25, 0.3) is 0 Å². The van der Waals surface area contributed by atoms with Crippen molar-refractivity contribution in [1.82, 2.24) is 5.32 Å². The second-order valence-electron chi connectivity index (χ2n) is 15.4. The minimum atomic E-state index is -4.57. The lowest BCUT2D eigenvalue weighted by atomic mass is 10.0. The first-order valence-corrected chi connectivity index (χ1v) is 22.0. The molecular formula is C40H81N2O6P. The maximum Gasteiger partial charge on any atom is 0.268 e. The van der Waals surface area contributed by atoms with Gasteiger partial charge in [0, 0.05) is 6.42 Å². The topological polar surface area (TPSA) is 108 Å². The van der Waals surface area contributed by atoms with E-state index in [0.717, 1.165) is 38.5 Å². The average molecular weight is 717 g/mol. The van der Waals surface area contributed by atoms with E-state index in [1.807, 2.05) is 27.2 Å². The molecule has 1 amide bonds. The predicted molar refractivity (Wildman–Crippen MR) is 205 cm³/mol. The maximum atomic E-state index is 12.8. The zero-order valence-corrected chi connectivity index (χ0v) is 33.8. The first-order valence-electron chi connectivity index (χ1n) is 20.6. The standard InChI is InChI=1S/C40H81N2O6P/c1-6-8-10-12-14-16-18-20-22-24-26-28-30-32-34-40(44)41-38(37-48-49(45,46)47-36-35-42(3,4)5)39(43)33-31-29-27-25-23-21-19-17-15-13-11-9-7-2/h31,33,38-39,43H,6-30,32,34-37H2,1-5H3,(H-,41,44,45,46). The third-order valence-electron chi connectivity index (χ3n) is 9.25. The predicted octanol–water partition coefficient (Wildman–Crippen LogP) is 10.2. The Labute approximate surface area is 303 Å². The highest BCUT2D eigenvalue weighted by molar-refractivity contribution is 7.45. The molecule has 0 spiro atoms. The third-order valence-corrected chi connectivity index (χ3v) is 10.2. The number of nitrogens with zero attached hydrogens (tertiary/aromatic N) is 1. The van der Waals surface area contributed by atoms with Crippen molar-refractivity contribution in [3.8, 4) is 0 Å². The van der Waals surface area contributed by atoms with Crippen LogP contribution >= 0.6 is 7.82 Å². The van der Waals surface area contributed by atoms with Crippen molar-refractivity contribution >= 4 is 13.7 Å². The molecule has 0 heterocycles. The summed E-state index contributed by atoms with van der Waals surface area (Å²) in [4.78, 5) is 25.2. The summed E-state index contributed by atoms with van der Waals surface area (Å²) in [6.45, 7) is 4.64. The molecule has 49 heavy (non-hydrogen) atoms. The molecule has 0 aliphatic rings. The Kier molecular flexibility index (Phi) is 32.6. The van der Waals surface area contributed by atoms with Crippen LogP contribution < -0.4 is 10.2 Å². The smallest absolute Gasteiger partial charge is 0.268 e. The Morgan fingerprint density at radius 1 is 0.694 bits per heavy atom. The number of nitrogens with one attached hydrogen (secondary N) is 1. The fourth-order valence-corrected chi connectivity index (χ4v) is 6.64. The first-order chi connectivity index (χ1) is 23.5. The number of carbonyl (C=O) groups is 1. The Morgan fingerprint density at radius 2 is 1.10 bits per heavy atom. The van der Waals surface area contributed by atoms with Crippen molar-refractivity contribution in [3.63, 3.8) is 0 Å². The number of allylic oxidation sites excluding steroid dienone is 1. The number of rotatable bonds is 37. The van der Waals surface area contributed by atoms with Gasteiger partial charge in [-0.3, -0.25) is 9.36 Å². The van der Waals surface area contributed by atoms with E-state index in [0.29, 0.717) is 17.4 Å². The largest absolute Gasteiger partial charge is 0.756 e. The van der Waals surface area contributed by atoms with Crippen LogP contribution in [0.15, 0.2) is 12.2 Å². The van der Waals surface area contributed by atoms with E-state index in [4.69, 9.17) is 9.05 Å². The molecule has 292 valence electrons. The third kappa shape index (κ3) is 35.4. The van der Waals surface area contributed by atoms with E-state index < -0.39 is 20.0 Å². The van der Waals surface area contributed by atoms with Crippen molar-refractivity contribution in [3.05, 3.63) is 12.2 Å². The molecule has 0 fully saturated rings. The molecule has 0 bridgehead atoms. The van der Waals surface area contributed by atoms with Crippen LogP contribution in [0.2, 0.25) is 0 Å². The quantitative estimate of drug-likeness (QED) is 0.0287. The second-order valence-corrected chi connectivity index (χ2v) is 16.8. The van der Waals surface area contributed by atoms with E-state index in [2.05, 4.69) is 19.2 Å². The average Bonchev–Trinajstić information content (AvgIpc) is 3.04. The fourth-order valence-electron chi connectivity index (χ4n) is 5.92. The van der Waals surface area contributed by atoms with Crippen LogP contribution in [0.5, 0.6) is 0 Å². The Morgan fingerprint density at radius 3 is 1.53 bits per heavy atom. The summed E-state index contributed by atoms with van der Waals surface area (Å²) in [7, 11) is 1.27. The molecule has 0 aliphatic heterocycles. The summed E-state index contributed by atoms with van der Waals surface area (Å²) in [6.07, 6.45) is 35.3. The summed E-state index contributed by atoms with van der Waals surface area (Å²) in [5.41, 5.74) is 0. The number of hydrogen-bond donors (Lipinski definition) is 2. The van der Waals surface area contributed by atoms with Gasteiger partial charge in [-0.05, 0) is 19.3 Å². The van der Waals surface area contributed by atoms with Crippen molar-refractivity contribution in [2.45, 2.75) is 199 Å². The number of hydrogen-bond acceptors (Lipinski definition) is 6. The highest BCUT2D eigenvalue weighted by Gasteiger charge is 2.23. The maximum absolute atomic E-state index is 12.8. The highest BCUT2D eigenvalue weighted by atomic mass is 31.2. The molecule has 9 heteroatoms. The van der Waals surface area contributed by atoms with E-state index in [1.165, 1.54) is 128 Å². The highest BCUT2D eigenvalue weighted by Crippen LogP contribution is 2.38. The number of quaternary nitrogens is 1. The second kappa shape index (κ2) is 33.1. The molecule has 0 aromatic rings. The van der Waals surface area contributed by atoms with E-state index in [1.54, 1.807) is 6.08 Å². The van der Waals surface area contributed by atoms with Gasteiger partial charge < -0.3 is 28.8 Å². The molecular weight excluding hydrogens is 635 g/mol. The molecule has 0 rings (SSSR count). The number of phosphoric ester groups is 1. The Balaban J connectivity index is 4.47. The van der Waals surface area contributed by atoms with Crippen LogP contribution in [0.3, 0.4) is 0 Å². The van der Waals surface area contributed by atoms with Crippen molar-refractivity contribution in [1.29, 1.82) is 0 Å². The van der Waals surface area contributed by atoms with Crippen LogP contribution in [-0.2, 0) is 18.4 Å². The van der Waals surface area contributed by atoms with Crippen molar-refractivity contribution < 1.29 is 32.9 Å². The van der Waals surface area contributed by atoms with Crippen LogP contribution in [0.1, 0.15) is 187 Å². The number of carbonyl (C=O) groups excluding carboxylic acids is 1. The van der Waals surface area contributed by atoms with E-state index in [-0.39, 0.29) is 19.1 Å². The van der Waals surface area contributed by atoms with Crippen LogP contribution in [0, 0.1) is 0 Å². The summed E-state index contributed by atoms with van der Waals surface area (Å²) in [5.74, 6) is -0.197. The van der Waals surface area contributed by atoms with E-state index in [9.17, 15) is 19.4 Å². The van der Waals surface area contributed by atoms with Gasteiger partial charge in [0.1, 0.15) is 13.2 Å². The monoisotopic (exact) mass is 717 g/mol. The summed E-state index contributed by atoms with van der Waals surface area (Å²) in [6, 6.07) is -0.878. The zero-order chi connectivity index (χ0) is 36.5. The molecule has 3 atom stereocenters. The molecule has 2 N–H and O–H groups in total. The van der Waals surface area contributed by atoms with Gasteiger partial charge in [-0.1, -0.05) is 174 Å². The molecule has 8 nitrogen and oxygen atoms in total. The van der Waals surface area contributed by atoms with Crippen LogP contribution in [-0.4, -0.2) is 68.5 Å². The van der Waals surface area contributed by atoms with Gasteiger partial charge in [0.05, 0.1) is 39.9 Å². The lowest BCUT2D eigenvalue weighted by Crippen LogP contribution is -2.45. The van der Waals surface area contributed by atoms with Gasteiger partial charge in [0.2, 0.25) is 5.91 Å². The van der Waals surface area contributed by atoms with Gasteiger partial charge in [-0.25, -0.2) is 0 Å². The molecule has 0 saturated carbocycles. The minimum absolute atomic E-state index is 0.00183. The number of aliphatic hydroxyl groups excluding tert-OH is 1. The first kappa shape index (κ1) is 48.2. The molecule has 0 aromatic heterocycles. The minimum Gasteiger partial charge on any atom is -0.756 e. The molecule has 3 unspecified atom stereocenters. The van der Waals surface area contributed by atoms with Gasteiger partial charge >= 0.3 is 0 Å². The molecule has 0 aliphatic carbocycles. The van der Waals surface area contributed by atoms with Crippen molar-refractivity contribution in [2.75, 3.05) is 40.9 Å². The van der Waals surface area contributed by atoms with Crippen molar-refractivity contribution in [2.24, 2.45) is 0 Å². The van der Waals surface area contributed by atoms with Gasteiger partial charge in [-0.2, -0.15) is 0 Å². The number of amides is 1. The van der Waals surface area contributed by atoms with Gasteiger partial charge in [0.25, 0.3) is 7.82 Å². The normalized spacial score (nSPS) is 14.7.